The van der Waals surface area contributed by atoms with Gasteiger partial charge in [-0.05, 0) is 36.1 Å². The first kappa shape index (κ1) is 8.76. The molecule has 1 heteroatoms. The van der Waals surface area contributed by atoms with Crippen LogP contribution in [0.25, 0.3) is 0 Å². The number of benzene rings is 1. The molecule has 0 spiro atoms. The van der Waals surface area contributed by atoms with Crippen molar-refractivity contribution >= 4 is 11.6 Å². The van der Waals surface area contributed by atoms with Crippen LogP contribution in [0.2, 0.25) is 0 Å². The Bertz CT molecular complexity index is 289. The highest BCUT2D eigenvalue weighted by Gasteiger charge is 1.96. The Morgan fingerprint density at radius 1 is 1.25 bits per heavy atom. The molecule has 0 aromatic heterocycles. The second kappa shape index (κ2) is 3.89. The molecule has 0 saturated carbocycles. The lowest BCUT2D eigenvalue weighted by Crippen LogP contribution is -1.84. The van der Waals surface area contributed by atoms with Gasteiger partial charge in [0, 0.05) is 0 Å². The zero-order valence-electron chi connectivity index (χ0n) is 7.54. The Morgan fingerprint density at radius 3 is 2.25 bits per heavy atom. The average molecular weight is 159 g/mol. The fourth-order valence-electron chi connectivity index (χ4n) is 1.03. The Kier molecular flexibility index (Phi) is 2.84. The molecule has 0 atom stereocenters. The first-order valence-electron chi connectivity index (χ1n) is 4.07. The van der Waals surface area contributed by atoms with Crippen molar-refractivity contribution < 1.29 is 0 Å². The Hall–Kier alpha value is -1.33. The van der Waals surface area contributed by atoms with E-state index in [0.717, 1.165) is 5.69 Å². The van der Waals surface area contributed by atoms with E-state index < -0.39 is 0 Å². The lowest BCUT2D eigenvalue weighted by Gasteiger charge is -2.03. The predicted molar refractivity (Wildman–Crippen MR) is 53.3 cm³/mol. The minimum absolute atomic E-state index is 0.576. The molecule has 0 aliphatic heterocycles. The molecule has 0 amide bonds. The summed E-state index contributed by atoms with van der Waals surface area (Å²) >= 11 is 0. The number of nitrogens with zero attached hydrogens (tertiary/aromatic N) is 1. The molecule has 62 valence electrons. The molecule has 0 heterocycles. The van der Waals surface area contributed by atoms with Crippen molar-refractivity contribution in [1.82, 2.24) is 0 Å². The first-order valence-corrected chi connectivity index (χ1v) is 4.07. The van der Waals surface area contributed by atoms with E-state index in [-0.39, 0.29) is 0 Å². The van der Waals surface area contributed by atoms with Crippen LogP contribution in [0.3, 0.4) is 0 Å². The lowest BCUT2D eigenvalue weighted by atomic mass is 10.0. The maximum absolute atomic E-state index is 3.95. The summed E-state index contributed by atoms with van der Waals surface area (Å²) in [4.78, 5) is 3.95. The summed E-state index contributed by atoms with van der Waals surface area (Å²) in [6, 6.07) is 8.13. The summed E-state index contributed by atoms with van der Waals surface area (Å²) in [5, 5.41) is 0. The van der Waals surface area contributed by atoms with E-state index in [9.17, 15) is 0 Å². The minimum atomic E-state index is 0.576. The van der Waals surface area contributed by atoms with Gasteiger partial charge in [-0.25, -0.2) is 4.99 Å². The van der Waals surface area contributed by atoms with Crippen molar-refractivity contribution in [3.63, 3.8) is 0 Å². The van der Waals surface area contributed by atoms with Crippen molar-refractivity contribution in [2.75, 3.05) is 0 Å². The van der Waals surface area contributed by atoms with Gasteiger partial charge >= 0.3 is 0 Å². The molecule has 1 aromatic rings. The van der Waals surface area contributed by atoms with Crippen LogP contribution in [0.5, 0.6) is 0 Å². The standard InChI is InChI=1S/C11H13N/c1-4-12-11-7-5-10(6-8-11)9(2)3/h5-9H,1H2,2-3H3. The molecule has 1 rings (SSSR count). The molecule has 0 unspecified atom stereocenters. The van der Waals surface area contributed by atoms with Crippen LogP contribution < -0.4 is 0 Å². The summed E-state index contributed by atoms with van der Waals surface area (Å²) in [7, 11) is 0. The molecular formula is C11H13N. The van der Waals surface area contributed by atoms with Gasteiger partial charge in [-0.1, -0.05) is 26.0 Å². The van der Waals surface area contributed by atoms with Crippen molar-refractivity contribution in [2.24, 2.45) is 4.99 Å². The van der Waals surface area contributed by atoms with E-state index in [4.69, 9.17) is 0 Å². The van der Waals surface area contributed by atoms with E-state index in [1.54, 1.807) is 0 Å². The quantitative estimate of drug-likeness (QED) is 0.587. The Morgan fingerprint density at radius 2 is 1.83 bits per heavy atom. The van der Waals surface area contributed by atoms with E-state index in [1.165, 1.54) is 5.56 Å². The molecule has 1 nitrogen and oxygen atoms in total. The maximum Gasteiger partial charge on any atom is 0.0729 e. The summed E-state index contributed by atoms with van der Waals surface area (Å²) in [5.41, 5.74) is 2.24. The molecule has 0 aliphatic rings. The van der Waals surface area contributed by atoms with Gasteiger partial charge in [-0.3, -0.25) is 0 Å². The lowest BCUT2D eigenvalue weighted by molar-refractivity contribution is 0.867. The van der Waals surface area contributed by atoms with Crippen LogP contribution in [0.15, 0.2) is 35.8 Å². The molecule has 0 fully saturated rings. The second-order valence-corrected chi connectivity index (χ2v) is 3.02. The van der Waals surface area contributed by atoms with E-state index in [2.05, 4.69) is 43.4 Å². The predicted octanol–water partition coefficient (Wildman–Crippen LogP) is 3.30. The SMILES string of the molecule is C=C=Nc1ccc(C(C)C)cc1. The third kappa shape index (κ3) is 2.08. The highest BCUT2D eigenvalue weighted by atomic mass is 14.7. The van der Waals surface area contributed by atoms with Crippen LogP contribution in [-0.2, 0) is 0 Å². The van der Waals surface area contributed by atoms with Crippen LogP contribution in [-0.4, -0.2) is 5.87 Å². The third-order valence-electron chi connectivity index (χ3n) is 1.77. The van der Waals surface area contributed by atoms with E-state index >= 15 is 0 Å². The van der Waals surface area contributed by atoms with Crippen LogP contribution in [0, 0.1) is 0 Å². The molecule has 0 N–H and O–H groups in total. The Balaban J connectivity index is 2.92. The normalized spacial score (nSPS) is 9.58. The number of rotatable bonds is 2. The third-order valence-corrected chi connectivity index (χ3v) is 1.77. The number of aliphatic imine (C=N–C) groups is 1. The molecule has 0 radical (unpaired) electrons. The van der Waals surface area contributed by atoms with Crippen molar-refractivity contribution in [2.45, 2.75) is 19.8 Å². The van der Waals surface area contributed by atoms with E-state index in [1.807, 2.05) is 12.1 Å². The van der Waals surface area contributed by atoms with Crippen molar-refractivity contribution in [3.8, 4) is 0 Å². The van der Waals surface area contributed by atoms with Gasteiger partial charge in [0.25, 0.3) is 0 Å². The zero-order valence-corrected chi connectivity index (χ0v) is 7.54. The summed E-state index contributed by atoms with van der Waals surface area (Å²) < 4.78 is 0. The monoisotopic (exact) mass is 159 g/mol. The first-order chi connectivity index (χ1) is 5.74. The minimum Gasteiger partial charge on any atom is -0.207 e. The number of hydrogen-bond donors (Lipinski definition) is 0. The van der Waals surface area contributed by atoms with Crippen LogP contribution >= 0.6 is 0 Å². The van der Waals surface area contributed by atoms with Crippen LogP contribution in [0.4, 0.5) is 5.69 Å². The fourth-order valence-corrected chi connectivity index (χ4v) is 1.03. The van der Waals surface area contributed by atoms with Gasteiger partial charge in [0.2, 0.25) is 0 Å². The largest absolute Gasteiger partial charge is 0.207 e. The maximum atomic E-state index is 3.95. The smallest absolute Gasteiger partial charge is 0.0729 e. The highest BCUT2D eigenvalue weighted by Crippen LogP contribution is 2.18. The molecule has 1 aromatic carbocycles. The topological polar surface area (TPSA) is 12.4 Å². The van der Waals surface area contributed by atoms with Gasteiger partial charge in [-0.15, -0.1) is 0 Å². The second-order valence-electron chi connectivity index (χ2n) is 3.02. The average Bonchev–Trinajstić information content (AvgIpc) is 2.06. The summed E-state index contributed by atoms with van der Waals surface area (Å²) in [6.07, 6.45) is 0. The van der Waals surface area contributed by atoms with Gasteiger partial charge < -0.3 is 0 Å². The highest BCUT2D eigenvalue weighted by molar-refractivity contribution is 5.55. The van der Waals surface area contributed by atoms with Gasteiger partial charge in [0.1, 0.15) is 0 Å². The Labute approximate surface area is 73.5 Å². The fraction of sp³-hybridized carbons (Fsp3) is 0.273. The molecule has 0 saturated heterocycles. The summed E-state index contributed by atoms with van der Waals surface area (Å²) in [6.45, 7) is 7.77. The van der Waals surface area contributed by atoms with Gasteiger partial charge in [0.15, 0.2) is 0 Å². The van der Waals surface area contributed by atoms with Crippen molar-refractivity contribution in [3.05, 3.63) is 36.4 Å². The molecule has 0 bridgehead atoms. The summed E-state index contributed by atoms with van der Waals surface area (Å²) in [5.74, 6) is 3.08. The van der Waals surface area contributed by atoms with Crippen molar-refractivity contribution in [1.29, 1.82) is 0 Å². The van der Waals surface area contributed by atoms with E-state index in [0.29, 0.717) is 5.92 Å². The van der Waals surface area contributed by atoms with Gasteiger partial charge in [-0.2, -0.15) is 0 Å². The van der Waals surface area contributed by atoms with Gasteiger partial charge in [0.05, 0.1) is 5.69 Å². The molecular weight excluding hydrogens is 146 g/mol. The van der Waals surface area contributed by atoms with Crippen LogP contribution in [0.1, 0.15) is 25.3 Å². The molecule has 0 aliphatic carbocycles. The zero-order chi connectivity index (χ0) is 8.97. The molecule has 12 heavy (non-hydrogen) atoms. The number of hydrogen-bond acceptors (Lipinski definition) is 1.